The van der Waals surface area contributed by atoms with Crippen molar-refractivity contribution < 1.29 is 4.79 Å². The van der Waals surface area contributed by atoms with Gasteiger partial charge in [-0.05, 0) is 48.5 Å². The Balaban J connectivity index is 1.88. The highest BCUT2D eigenvalue weighted by molar-refractivity contribution is 7.99. The predicted octanol–water partition coefficient (Wildman–Crippen LogP) is 2.80. The molecule has 5 heteroatoms. The van der Waals surface area contributed by atoms with Gasteiger partial charge >= 0.3 is 0 Å². The fourth-order valence-electron chi connectivity index (χ4n) is 1.97. The molecule has 1 amide bonds. The lowest BCUT2D eigenvalue weighted by molar-refractivity contribution is 0.0946. The van der Waals surface area contributed by atoms with Crippen molar-refractivity contribution in [1.82, 2.24) is 5.32 Å². The number of anilines is 1. The van der Waals surface area contributed by atoms with E-state index >= 15 is 0 Å². The van der Waals surface area contributed by atoms with Gasteiger partial charge in [-0.2, -0.15) is 11.8 Å². The minimum atomic E-state index is -0.0726. The quantitative estimate of drug-likeness (QED) is 0.839. The average Bonchev–Trinajstić information content (AvgIpc) is 2.40. The van der Waals surface area contributed by atoms with Gasteiger partial charge in [0.15, 0.2) is 0 Å². The summed E-state index contributed by atoms with van der Waals surface area (Å²) in [6.45, 7) is 0.752. The van der Waals surface area contributed by atoms with Gasteiger partial charge in [-0.25, -0.2) is 0 Å². The highest BCUT2D eigenvalue weighted by Gasteiger charge is 2.15. The Labute approximate surface area is 116 Å². The minimum Gasteiger partial charge on any atom is -0.398 e. The van der Waals surface area contributed by atoms with Crippen molar-refractivity contribution in [1.29, 1.82) is 0 Å². The summed E-state index contributed by atoms with van der Waals surface area (Å²) in [6.07, 6.45) is 2.38. The molecule has 1 fully saturated rings. The Morgan fingerprint density at radius 3 is 2.83 bits per heavy atom. The zero-order valence-corrected chi connectivity index (χ0v) is 11.7. The molecule has 1 aliphatic heterocycles. The largest absolute Gasteiger partial charge is 0.398 e. The highest BCUT2D eigenvalue weighted by atomic mass is 35.5. The molecule has 0 atom stereocenters. The van der Waals surface area contributed by atoms with Gasteiger partial charge in [0.05, 0.1) is 10.7 Å². The minimum absolute atomic E-state index is 0.0726. The number of amides is 1. The summed E-state index contributed by atoms with van der Waals surface area (Å²) < 4.78 is 0. The second-order valence-corrected chi connectivity index (χ2v) is 6.13. The molecule has 3 N–H and O–H groups in total. The van der Waals surface area contributed by atoms with E-state index in [0.717, 1.165) is 6.54 Å². The number of nitrogen functional groups attached to an aromatic ring is 1. The number of thioether (sulfide) groups is 1. The fraction of sp³-hybridized carbons (Fsp3) is 0.462. The van der Waals surface area contributed by atoms with Crippen LogP contribution < -0.4 is 11.1 Å². The van der Waals surface area contributed by atoms with Gasteiger partial charge in [0, 0.05) is 12.1 Å². The van der Waals surface area contributed by atoms with Crippen molar-refractivity contribution in [2.24, 2.45) is 5.92 Å². The number of nitrogens with two attached hydrogens (primary N) is 1. The molecule has 18 heavy (non-hydrogen) atoms. The summed E-state index contributed by atoms with van der Waals surface area (Å²) in [4.78, 5) is 11.9. The standard InChI is InChI=1S/C13H17ClN2OS/c14-11-2-1-10(7-12(11)15)13(17)16-8-9-3-5-18-6-4-9/h1-2,7,9H,3-6,8,15H2,(H,16,17). The first-order chi connectivity index (χ1) is 8.66. The van der Waals surface area contributed by atoms with Gasteiger partial charge in [-0.1, -0.05) is 11.6 Å². The smallest absolute Gasteiger partial charge is 0.251 e. The molecular formula is C13H17ClN2OS. The molecule has 0 aromatic heterocycles. The number of halogens is 1. The molecular weight excluding hydrogens is 268 g/mol. The summed E-state index contributed by atoms with van der Waals surface area (Å²) in [6, 6.07) is 4.97. The zero-order chi connectivity index (χ0) is 13.0. The van der Waals surface area contributed by atoms with Crippen LogP contribution >= 0.6 is 23.4 Å². The number of carbonyl (C=O) groups is 1. The summed E-state index contributed by atoms with van der Waals surface area (Å²) in [5, 5.41) is 3.45. The Hall–Kier alpha value is -0.870. The number of hydrogen-bond donors (Lipinski definition) is 2. The Bertz CT molecular complexity index is 433. The van der Waals surface area contributed by atoms with Crippen LogP contribution in [0.25, 0.3) is 0 Å². The Kier molecular flexibility index (Phi) is 4.78. The monoisotopic (exact) mass is 284 g/mol. The van der Waals surface area contributed by atoms with Gasteiger partial charge in [-0.3, -0.25) is 4.79 Å². The molecule has 0 saturated carbocycles. The third-order valence-electron chi connectivity index (χ3n) is 3.15. The van der Waals surface area contributed by atoms with E-state index in [4.69, 9.17) is 17.3 Å². The van der Waals surface area contributed by atoms with Crippen LogP contribution in [0.5, 0.6) is 0 Å². The molecule has 1 aromatic carbocycles. The SMILES string of the molecule is Nc1cc(C(=O)NCC2CCSCC2)ccc1Cl. The molecule has 1 saturated heterocycles. The highest BCUT2D eigenvalue weighted by Crippen LogP contribution is 2.22. The normalized spacial score (nSPS) is 16.5. The molecule has 2 rings (SSSR count). The predicted molar refractivity (Wildman–Crippen MR) is 78.2 cm³/mol. The van der Waals surface area contributed by atoms with Gasteiger partial charge < -0.3 is 11.1 Å². The van der Waals surface area contributed by atoms with Crippen LogP contribution in [0, 0.1) is 5.92 Å². The van der Waals surface area contributed by atoms with Crippen molar-refractivity contribution in [2.45, 2.75) is 12.8 Å². The molecule has 1 aliphatic rings. The van der Waals surface area contributed by atoms with E-state index in [1.54, 1.807) is 18.2 Å². The molecule has 0 bridgehead atoms. The number of benzene rings is 1. The fourth-order valence-corrected chi connectivity index (χ4v) is 3.30. The van der Waals surface area contributed by atoms with Crippen molar-refractivity contribution in [2.75, 3.05) is 23.8 Å². The molecule has 0 aliphatic carbocycles. The lowest BCUT2D eigenvalue weighted by Crippen LogP contribution is -2.31. The van der Waals surface area contributed by atoms with Crippen LogP contribution in [-0.2, 0) is 0 Å². The first-order valence-electron chi connectivity index (χ1n) is 6.08. The van der Waals surface area contributed by atoms with E-state index in [9.17, 15) is 4.79 Å². The molecule has 1 heterocycles. The summed E-state index contributed by atoms with van der Waals surface area (Å²) in [5.41, 5.74) is 6.70. The van der Waals surface area contributed by atoms with Crippen LogP contribution in [0.15, 0.2) is 18.2 Å². The lowest BCUT2D eigenvalue weighted by Gasteiger charge is -2.21. The molecule has 98 valence electrons. The third-order valence-corrected chi connectivity index (χ3v) is 4.54. The van der Waals surface area contributed by atoms with E-state index in [1.807, 2.05) is 11.8 Å². The van der Waals surface area contributed by atoms with Crippen molar-refractivity contribution >= 4 is 35.0 Å². The number of carbonyl (C=O) groups excluding carboxylic acids is 1. The molecule has 1 aromatic rings. The number of nitrogens with one attached hydrogen (secondary N) is 1. The number of rotatable bonds is 3. The maximum atomic E-state index is 11.9. The molecule has 0 unspecified atom stereocenters. The summed E-state index contributed by atoms with van der Waals surface area (Å²) in [5.74, 6) is 2.94. The third kappa shape index (κ3) is 3.56. The Morgan fingerprint density at radius 2 is 2.17 bits per heavy atom. The van der Waals surface area contributed by atoms with Crippen molar-refractivity contribution in [3.63, 3.8) is 0 Å². The van der Waals surface area contributed by atoms with Gasteiger partial charge in [0.25, 0.3) is 5.91 Å². The molecule has 3 nitrogen and oxygen atoms in total. The van der Waals surface area contributed by atoms with E-state index < -0.39 is 0 Å². The first kappa shape index (κ1) is 13.6. The maximum absolute atomic E-state index is 11.9. The van der Waals surface area contributed by atoms with Crippen LogP contribution in [-0.4, -0.2) is 24.0 Å². The van der Waals surface area contributed by atoms with E-state index in [1.165, 1.54) is 24.3 Å². The Morgan fingerprint density at radius 1 is 1.44 bits per heavy atom. The van der Waals surface area contributed by atoms with Crippen molar-refractivity contribution in [3.05, 3.63) is 28.8 Å². The maximum Gasteiger partial charge on any atom is 0.251 e. The van der Waals surface area contributed by atoms with E-state index in [0.29, 0.717) is 22.2 Å². The molecule has 0 spiro atoms. The van der Waals surface area contributed by atoms with Crippen LogP contribution in [0.2, 0.25) is 5.02 Å². The van der Waals surface area contributed by atoms with E-state index in [-0.39, 0.29) is 5.91 Å². The van der Waals surface area contributed by atoms with Crippen LogP contribution in [0.4, 0.5) is 5.69 Å². The second kappa shape index (κ2) is 6.34. The number of hydrogen-bond acceptors (Lipinski definition) is 3. The topological polar surface area (TPSA) is 55.1 Å². The van der Waals surface area contributed by atoms with Gasteiger partial charge in [0.1, 0.15) is 0 Å². The van der Waals surface area contributed by atoms with Crippen LogP contribution in [0.1, 0.15) is 23.2 Å². The summed E-state index contributed by atoms with van der Waals surface area (Å²) >= 11 is 7.81. The van der Waals surface area contributed by atoms with Gasteiger partial charge in [-0.15, -0.1) is 0 Å². The first-order valence-corrected chi connectivity index (χ1v) is 7.61. The zero-order valence-electron chi connectivity index (χ0n) is 10.1. The summed E-state index contributed by atoms with van der Waals surface area (Å²) in [7, 11) is 0. The molecule has 0 radical (unpaired) electrons. The van der Waals surface area contributed by atoms with E-state index in [2.05, 4.69) is 5.32 Å². The van der Waals surface area contributed by atoms with Crippen molar-refractivity contribution in [3.8, 4) is 0 Å². The lowest BCUT2D eigenvalue weighted by atomic mass is 10.0. The average molecular weight is 285 g/mol. The van der Waals surface area contributed by atoms with Gasteiger partial charge in [0.2, 0.25) is 0 Å². The second-order valence-electron chi connectivity index (χ2n) is 4.50. The van der Waals surface area contributed by atoms with Crippen LogP contribution in [0.3, 0.4) is 0 Å².